The van der Waals surface area contributed by atoms with Crippen molar-refractivity contribution in [3.8, 4) is 45.3 Å². The largest absolute Gasteiger partial charge is 0.507 e. The second-order valence-corrected chi connectivity index (χ2v) is 10.4. The monoisotopic (exact) mass is 546 g/mol. The number of phenolic OH excluding ortho intramolecular Hbond substituents is 4. The fourth-order valence-electron chi connectivity index (χ4n) is 5.62. The number of aldehydes is 2. The zero-order valence-electron chi connectivity index (χ0n) is 22.5. The van der Waals surface area contributed by atoms with E-state index in [1.807, 2.05) is 0 Å². The van der Waals surface area contributed by atoms with Crippen molar-refractivity contribution in [3.05, 3.63) is 74.3 Å². The van der Waals surface area contributed by atoms with Crippen LogP contribution in [-0.4, -0.2) is 33.0 Å². The standard InChI is InChI=1S/C30H26O10/c1-9(2)15-21-19(13(7-31)25(35)29(15)39)27(37)17(11(5)23(21)33)18-12(6)24(34)22-16(10(3)4)30(40)26(36)14(8-32)20(22)28(18)38/h7-10,33,35,37,39H,1-6H3. The van der Waals surface area contributed by atoms with Gasteiger partial charge in [-0.2, -0.15) is 0 Å². The van der Waals surface area contributed by atoms with Crippen molar-refractivity contribution >= 4 is 23.3 Å². The average molecular weight is 547 g/mol. The number of benzene rings is 4. The molecule has 10 nitrogen and oxygen atoms in total. The zero-order valence-corrected chi connectivity index (χ0v) is 22.5. The summed E-state index contributed by atoms with van der Waals surface area (Å²) in [6.07, 6.45) is 0.184. The van der Waals surface area contributed by atoms with E-state index in [1.54, 1.807) is 27.7 Å². The van der Waals surface area contributed by atoms with Gasteiger partial charge in [0.05, 0.1) is 11.1 Å². The fourth-order valence-corrected chi connectivity index (χ4v) is 5.62. The average Bonchev–Trinajstić information content (AvgIpc) is 2.89. The van der Waals surface area contributed by atoms with Crippen LogP contribution in [0.5, 0.6) is 23.0 Å². The van der Waals surface area contributed by atoms with Crippen LogP contribution in [0.2, 0.25) is 0 Å². The summed E-state index contributed by atoms with van der Waals surface area (Å²) in [5, 5.41) is 43.5. The van der Waals surface area contributed by atoms with Gasteiger partial charge >= 0.3 is 0 Å². The van der Waals surface area contributed by atoms with Crippen molar-refractivity contribution < 1.29 is 30.0 Å². The summed E-state index contributed by atoms with van der Waals surface area (Å²) in [6, 6.07) is 0. The summed E-state index contributed by atoms with van der Waals surface area (Å²) in [5.41, 5.74) is -7.89. The number of aromatic hydroxyl groups is 4. The van der Waals surface area contributed by atoms with Crippen molar-refractivity contribution in [2.24, 2.45) is 0 Å². The van der Waals surface area contributed by atoms with E-state index in [2.05, 4.69) is 0 Å². The summed E-state index contributed by atoms with van der Waals surface area (Å²) in [7, 11) is 0. The lowest BCUT2D eigenvalue weighted by molar-refractivity contribution is 0.111. The molecule has 40 heavy (non-hydrogen) atoms. The highest BCUT2D eigenvalue weighted by molar-refractivity contribution is 6.13. The zero-order chi connectivity index (χ0) is 30.1. The smallest absolute Gasteiger partial charge is 0.237 e. The second kappa shape index (κ2) is 9.41. The minimum absolute atomic E-state index is 0.0198. The molecule has 0 aromatic heterocycles. The third-order valence-electron chi connectivity index (χ3n) is 7.49. The van der Waals surface area contributed by atoms with Crippen LogP contribution in [0, 0.1) is 13.8 Å². The SMILES string of the molecule is Cc1c(-c2c(C)c(=O)c3c(C(C)C)c(=O)c(=O)c(C=O)c-3c2=O)c(O)c2c(C=O)c(O)c(O)c(C(C)C)c2c1O. The molecule has 2 aliphatic carbocycles. The molecule has 0 unspecified atom stereocenters. The summed E-state index contributed by atoms with van der Waals surface area (Å²) >= 11 is 0. The van der Waals surface area contributed by atoms with E-state index in [9.17, 15) is 49.2 Å². The van der Waals surface area contributed by atoms with Crippen LogP contribution in [-0.2, 0) is 0 Å². The Bertz CT molecular complexity index is 1970. The molecular formula is C30H26O10. The molecule has 4 N–H and O–H groups in total. The van der Waals surface area contributed by atoms with Crippen molar-refractivity contribution in [2.75, 3.05) is 0 Å². The lowest BCUT2D eigenvalue weighted by Crippen LogP contribution is -2.38. The molecule has 4 rings (SSSR count). The van der Waals surface area contributed by atoms with Gasteiger partial charge in [-0.05, 0) is 25.7 Å². The van der Waals surface area contributed by atoms with E-state index < -0.39 is 78.8 Å². The highest BCUT2D eigenvalue weighted by Gasteiger charge is 2.34. The van der Waals surface area contributed by atoms with Gasteiger partial charge in [0.25, 0.3) is 0 Å². The molecule has 0 spiro atoms. The van der Waals surface area contributed by atoms with Gasteiger partial charge in [-0.15, -0.1) is 0 Å². The second-order valence-electron chi connectivity index (χ2n) is 10.4. The van der Waals surface area contributed by atoms with Crippen LogP contribution in [0.1, 0.15) is 82.5 Å². The summed E-state index contributed by atoms with van der Waals surface area (Å²) < 4.78 is 0. The molecule has 2 aromatic rings. The van der Waals surface area contributed by atoms with E-state index in [1.165, 1.54) is 13.8 Å². The molecule has 0 aliphatic heterocycles. The first-order chi connectivity index (χ1) is 18.6. The maximum Gasteiger partial charge on any atom is 0.237 e. The summed E-state index contributed by atoms with van der Waals surface area (Å²) in [6.45, 7) is 8.96. The number of carbonyl (C=O) groups excluding carboxylic acids is 2. The van der Waals surface area contributed by atoms with Crippen LogP contribution in [0.4, 0.5) is 0 Å². The predicted molar refractivity (Wildman–Crippen MR) is 149 cm³/mol. The minimum Gasteiger partial charge on any atom is -0.507 e. The molecule has 0 amide bonds. The van der Waals surface area contributed by atoms with Gasteiger partial charge in [0.15, 0.2) is 34.9 Å². The molecule has 0 saturated carbocycles. The van der Waals surface area contributed by atoms with Crippen molar-refractivity contribution in [3.63, 3.8) is 0 Å². The Morgan fingerprint density at radius 3 is 1.55 bits per heavy atom. The van der Waals surface area contributed by atoms with E-state index in [4.69, 9.17) is 0 Å². The Balaban J connectivity index is 2.41. The molecule has 0 atom stereocenters. The van der Waals surface area contributed by atoms with Gasteiger partial charge in [-0.3, -0.25) is 28.8 Å². The minimum atomic E-state index is -1.25. The van der Waals surface area contributed by atoms with E-state index >= 15 is 0 Å². The molecular weight excluding hydrogens is 520 g/mol. The highest BCUT2D eigenvalue weighted by atomic mass is 16.3. The first kappa shape index (κ1) is 28.2. The number of rotatable bonds is 5. The van der Waals surface area contributed by atoms with E-state index in [-0.39, 0.29) is 56.7 Å². The van der Waals surface area contributed by atoms with Crippen LogP contribution in [0.25, 0.3) is 33.0 Å². The van der Waals surface area contributed by atoms with Gasteiger partial charge in [-0.1, -0.05) is 27.7 Å². The number of phenols is 4. The Morgan fingerprint density at radius 2 is 1.05 bits per heavy atom. The number of carbonyl (C=O) groups is 2. The third kappa shape index (κ3) is 3.48. The van der Waals surface area contributed by atoms with Crippen molar-refractivity contribution in [2.45, 2.75) is 53.4 Å². The Kier molecular flexibility index (Phi) is 6.62. The van der Waals surface area contributed by atoms with Gasteiger partial charge in [0.1, 0.15) is 11.5 Å². The van der Waals surface area contributed by atoms with Gasteiger partial charge in [0, 0.05) is 55.3 Å². The molecule has 2 aromatic carbocycles. The lowest BCUT2D eigenvalue weighted by Gasteiger charge is -2.22. The molecule has 0 saturated heterocycles. The number of fused-ring (bicyclic) bond motifs is 2. The van der Waals surface area contributed by atoms with Crippen molar-refractivity contribution in [1.82, 2.24) is 0 Å². The molecule has 0 radical (unpaired) electrons. The highest BCUT2D eigenvalue weighted by Crippen LogP contribution is 2.53. The van der Waals surface area contributed by atoms with Crippen LogP contribution in [0.15, 0.2) is 19.2 Å². The summed E-state index contributed by atoms with van der Waals surface area (Å²) in [5.74, 6) is -4.01. The Morgan fingerprint density at radius 1 is 0.500 bits per heavy atom. The molecule has 0 heterocycles. The molecule has 0 bridgehead atoms. The van der Waals surface area contributed by atoms with Gasteiger partial charge in [-0.25, -0.2) is 0 Å². The molecule has 10 heteroatoms. The first-order valence-corrected chi connectivity index (χ1v) is 12.4. The maximum atomic E-state index is 14.0. The van der Waals surface area contributed by atoms with Gasteiger partial charge in [0.2, 0.25) is 10.9 Å². The van der Waals surface area contributed by atoms with Crippen molar-refractivity contribution in [1.29, 1.82) is 0 Å². The Labute approximate surface area is 226 Å². The molecule has 206 valence electrons. The van der Waals surface area contributed by atoms with Crippen LogP contribution in [0.3, 0.4) is 0 Å². The molecule has 2 aliphatic rings. The van der Waals surface area contributed by atoms with E-state index in [0.29, 0.717) is 0 Å². The summed E-state index contributed by atoms with van der Waals surface area (Å²) in [4.78, 5) is 77.2. The Hall–Kier alpha value is -4.86. The van der Waals surface area contributed by atoms with Crippen LogP contribution >= 0.6 is 0 Å². The number of hydrogen-bond donors (Lipinski definition) is 4. The fraction of sp³-hybridized carbons (Fsp3) is 0.267. The predicted octanol–water partition coefficient (Wildman–Crippen LogP) is 3.24. The maximum absolute atomic E-state index is 14.0. The van der Waals surface area contributed by atoms with E-state index in [0.717, 1.165) is 0 Å². The lowest BCUT2D eigenvalue weighted by atomic mass is 9.80. The van der Waals surface area contributed by atoms with Crippen LogP contribution < -0.4 is 21.7 Å². The normalized spacial score (nSPS) is 11.7. The molecule has 0 fully saturated rings. The first-order valence-electron chi connectivity index (χ1n) is 12.4. The van der Waals surface area contributed by atoms with Gasteiger partial charge < -0.3 is 20.4 Å². The topological polar surface area (TPSA) is 183 Å². The number of hydrogen-bond acceptors (Lipinski definition) is 10. The third-order valence-corrected chi connectivity index (χ3v) is 7.49. The quantitative estimate of drug-likeness (QED) is 0.125.